The van der Waals surface area contributed by atoms with E-state index in [2.05, 4.69) is 0 Å². The first kappa shape index (κ1) is 17.9. The van der Waals surface area contributed by atoms with Crippen LogP contribution in [0.1, 0.15) is 30.6 Å². The summed E-state index contributed by atoms with van der Waals surface area (Å²) < 4.78 is 11.5. The van der Waals surface area contributed by atoms with Crippen LogP contribution in [0.2, 0.25) is 0 Å². The highest BCUT2D eigenvalue weighted by atomic mass is 32.1. The minimum absolute atomic E-state index is 0.0419. The van der Waals surface area contributed by atoms with Gasteiger partial charge in [0.05, 0.1) is 19.6 Å². The summed E-state index contributed by atoms with van der Waals surface area (Å²) in [7, 11) is 0. The first-order valence-electron chi connectivity index (χ1n) is 9.52. The van der Waals surface area contributed by atoms with E-state index in [1.165, 1.54) is 0 Å². The van der Waals surface area contributed by atoms with E-state index in [4.69, 9.17) is 9.47 Å². The van der Waals surface area contributed by atoms with Gasteiger partial charge in [0.25, 0.3) is 0 Å². The molecule has 0 atom stereocenters. The minimum Gasteiger partial charge on any atom is -0.347 e. The van der Waals surface area contributed by atoms with E-state index in [-0.39, 0.29) is 17.7 Å². The second-order valence-electron chi connectivity index (χ2n) is 7.34. The molecule has 4 heterocycles. The molecule has 1 aromatic heterocycles. The maximum absolute atomic E-state index is 12.8. The van der Waals surface area contributed by atoms with Gasteiger partial charge in [0, 0.05) is 49.8 Å². The summed E-state index contributed by atoms with van der Waals surface area (Å²) in [5.41, 5.74) is 0. The second kappa shape index (κ2) is 7.66. The van der Waals surface area contributed by atoms with Gasteiger partial charge in [-0.15, -0.1) is 11.3 Å². The SMILES string of the molecule is O=C(Cc1cccs1)N1CCC(C(=O)N2CCC3(CC2)OCCO3)CC1. The molecule has 142 valence electrons. The van der Waals surface area contributed by atoms with Crippen molar-refractivity contribution in [2.45, 2.75) is 37.9 Å². The lowest BCUT2D eigenvalue weighted by atomic mass is 9.93. The molecule has 1 aromatic rings. The number of hydrogen-bond acceptors (Lipinski definition) is 5. The highest BCUT2D eigenvalue weighted by molar-refractivity contribution is 7.10. The van der Waals surface area contributed by atoms with Gasteiger partial charge in [-0.1, -0.05) is 6.07 Å². The lowest BCUT2D eigenvalue weighted by molar-refractivity contribution is -0.188. The fourth-order valence-corrected chi connectivity index (χ4v) is 4.86. The van der Waals surface area contributed by atoms with Gasteiger partial charge in [-0.3, -0.25) is 9.59 Å². The molecule has 2 amide bonds. The molecule has 0 bridgehead atoms. The monoisotopic (exact) mass is 378 g/mol. The summed E-state index contributed by atoms with van der Waals surface area (Å²) >= 11 is 1.62. The third kappa shape index (κ3) is 3.80. The van der Waals surface area contributed by atoms with Crippen LogP contribution in [-0.4, -0.2) is 66.8 Å². The van der Waals surface area contributed by atoms with Crippen LogP contribution in [0.5, 0.6) is 0 Å². The maximum atomic E-state index is 12.8. The van der Waals surface area contributed by atoms with Crippen molar-refractivity contribution in [1.82, 2.24) is 9.80 Å². The van der Waals surface area contributed by atoms with Gasteiger partial charge in [-0.2, -0.15) is 0 Å². The predicted molar refractivity (Wildman–Crippen MR) is 97.8 cm³/mol. The summed E-state index contributed by atoms with van der Waals surface area (Å²) in [5, 5.41) is 2.00. The molecule has 7 heteroatoms. The number of nitrogens with zero attached hydrogens (tertiary/aromatic N) is 2. The summed E-state index contributed by atoms with van der Waals surface area (Å²) in [6.07, 6.45) is 3.53. The van der Waals surface area contributed by atoms with Gasteiger partial charge in [0.2, 0.25) is 11.8 Å². The molecule has 0 radical (unpaired) electrons. The van der Waals surface area contributed by atoms with Gasteiger partial charge < -0.3 is 19.3 Å². The standard InChI is InChI=1S/C19H26N2O4S/c22-17(14-16-2-1-13-26-16)20-7-3-15(4-8-20)18(23)21-9-5-19(6-10-21)24-11-12-25-19/h1-2,13,15H,3-12,14H2. The van der Waals surface area contributed by atoms with Crippen LogP contribution in [-0.2, 0) is 25.5 Å². The van der Waals surface area contributed by atoms with E-state index in [1.54, 1.807) is 11.3 Å². The summed E-state index contributed by atoms with van der Waals surface area (Å²) in [5.74, 6) is 0.0196. The number of amides is 2. The quantitative estimate of drug-likeness (QED) is 0.806. The molecule has 3 aliphatic heterocycles. The fourth-order valence-electron chi connectivity index (χ4n) is 4.16. The molecule has 3 saturated heterocycles. The molecule has 0 unspecified atom stereocenters. The van der Waals surface area contributed by atoms with Gasteiger partial charge in [-0.05, 0) is 24.3 Å². The minimum atomic E-state index is -0.436. The van der Waals surface area contributed by atoms with Crippen LogP contribution in [0.25, 0.3) is 0 Å². The predicted octanol–water partition coefficient (Wildman–Crippen LogP) is 1.89. The van der Waals surface area contributed by atoms with Crippen molar-refractivity contribution in [3.05, 3.63) is 22.4 Å². The Bertz CT molecular complexity index is 624. The molecule has 3 fully saturated rings. The Balaban J connectivity index is 1.24. The highest BCUT2D eigenvalue weighted by Crippen LogP contribution is 2.32. The van der Waals surface area contributed by atoms with Gasteiger partial charge >= 0.3 is 0 Å². The van der Waals surface area contributed by atoms with E-state index in [9.17, 15) is 9.59 Å². The average molecular weight is 378 g/mol. The molecule has 0 N–H and O–H groups in total. The van der Waals surface area contributed by atoms with Crippen LogP contribution in [0.3, 0.4) is 0 Å². The molecule has 4 rings (SSSR count). The Hall–Kier alpha value is -1.44. The van der Waals surface area contributed by atoms with Crippen molar-refractivity contribution >= 4 is 23.2 Å². The van der Waals surface area contributed by atoms with Crippen LogP contribution < -0.4 is 0 Å². The Kier molecular flexibility index (Phi) is 5.29. The Labute approximate surface area is 158 Å². The number of carbonyl (C=O) groups excluding carboxylic acids is 2. The molecular weight excluding hydrogens is 352 g/mol. The number of rotatable bonds is 3. The first-order valence-corrected chi connectivity index (χ1v) is 10.4. The van der Waals surface area contributed by atoms with E-state index < -0.39 is 5.79 Å². The average Bonchev–Trinajstić information content (AvgIpc) is 3.34. The third-order valence-electron chi connectivity index (χ3n) is 5.75. The van der Waals surface area contributed by atoms with Crippen LogP contribution in [0.15, 0.2) is 17.5 Å². The topological polar surface area (TPSA) is 59.1 Å². The lowest BCUT2D eigenvalue weighted by Crippen LogP contribution is -2.50. The number of thiophene rings is 1. The zero-order valence-electron chi connectivity index (χ0n) is 15.0. The summed E-state index contributed by atoms with van der Waals surface area (Å²) in [6, 6.07) is 3.97. The van der Waals surface area contributed by atoms with E-state index in [0.717, 1.165) is 30.6 Å². The summed E-state index contributed by atoms with van der Waals surface area (Å²) in [6.45, 7) is 4.10. The van der Waals surface area contributed by atoms with Crippen LogP contribution in [0, 0.1) is 5.92 Å². The number of ether oxygens (including phenoxy) is 2. The zero-order chi connectivity index (χ0) is 18.0. The Morgan fingerprint density at radius 1 is 1.08 bits per heavy atom. The molecule has 6 nitrogen and oxygen atoms in total. The number of hydrogen-bond donors (Lipinski definition) is 0. The van der Waals surface area contributed by atoms with E-state index in [1.807, 2.05) is 27.3 Å². The summed E-state index contributed by atoms with van der Waals surface area (Å²) in [4.78, 5) is 30.2. The van der Waals surface area contributed by atoms with Crippen molar-refractivity contribution in [2.75, 3.05) is 39.4 Å². The van der Waals surface area contributed by atoms with Crippen molar-refractivity contribution in [2.24, 2.45) is 5.92 Å². The maximum Gasteiger partial charge on any atom is 0.227 e. The number of carbonyl (C=O) groups is 2. The lowest BCUT2D eigenvalue weighted by Gasteiger charge is -2.40. The molecule has 26 heavy (non-hydrogen) atoms. The highest BCUT2D eigenvalue weighted by Gasteiger charge is 2.42. The molecule has 0 saturated carbocycles. The fraction of sp³-hybridized carbons (Fsp3) is 0.684. The van der Waals surface area contributed by atoms with E-state index in [0.29, 0.717) is 45.8 Å². The van der Waals surface area contributed by atoms with Crippen molar-refractivity contribution in [1.29, 1.82) is 0 Å². The second-order valence-corrected chi connectivity index (χ2v) is 8.38. The number of likely N-dealkylation sites (tertiary alicyclic amines) is 2. The molecule has 0 aromatic carbocycles. The van der Waals surface area contributed by atoms with Crippen LogP contribution >= 0.6 is 11.3 Å². The number of piperidine rings is 2. The van der Waals surface area contributed by atoms with Crippen LogP contribution in [0.4, 0.5) is 0 Å². The largest absolute Gasteiger partial charge is 0.347 e. The van der Waals surface area contributed by atoms with Gasteiger partial charge in [0.1, 0.15) is 0 Å². The molecule has 3 aliphatic rings. The smallest absolute Gasteiger partial charge is 0.227 e. The zero-order valence-corrected chi connectivity index (χ0v) is 15.8. The van der Waals surface area contributed by atoms with E-state index >= 15 is 0 Å². The molecular formula is C19H26N2O4S. The van der Waals surface area contributed by atoms with Gasteiger partial charge in [0.15, 0.2) is 5.79 Å². The Morgan fingerprint density at radius 2 is 1.77 bits per heavy atom. The van der Waals surface area contributed by atoms with Crippen molar-refractivity contribution in [3.63, 3.8) is 0 Å². The van der Waals surface area contributed by atoms with Gasteiger partial charge in [-0.25, -0.2) is 0 Å². The molecule has 1 spiro atoms. The first-order chi connectivity index (χ1) is 12.7. The normalized spacial score (nSPS) is 23.5. The van der Waals surface area contributed by atoms with Crippen molar-refractivity contribution in [3.8, 4) is 0 Å². The Morgan fingerprint density at radius 3 is 2.38 bits per heavy atom. The molecule has 0 aliphatic carbocycles. The third-order valence-corrected chi connectivity index (χ3v) is 6.63. The van der Waals surface area contributed by atoms with Crippen molar-refractivity contribution < 1.29 is 19.1 Å².